The number of rotatable bonds is 3. The molecule has 0 heterocycles. The van der Waals surface area contributed by atoms with Gasteiger partial charge in [-0.05, 0) is 37.3 Å². The Morgan fingerprint density at radius 2 is 1.84 bits per heavy atom. The van der Waals surface area contributed by atoms with Crippen molar-refractivity contribution in [2.75, 3.05) is 0 Å². The zero-order valence-corrected chi connectivity index (χ0v) is 11.7. The van der Waals surface area contributed by atoms with Crippen molar-refractivity contribution in [2.45, 2.75) is 13.0 Å². The van der Waals surface area contributed by atoms with Crippen LogP contribution in [0.5, 0.6) is 11.5 Å². The van der Waals surface area contributed by atoms with Crippen molar-refractivity contribution in [1.82, 2.24) is 0 Å². The lowest BCUT2D eigenvalue weighted by Gasteiger charge is -2.14. The maximum Gasteiger partial charge on any atom is 0.147 e. The predicted octanol–water partition coefficient (Wildman–Crippen LogP) is 4.94. The van der Waals surface area contributed by atoms with Crippen LogP contribution in [0.4, 0.5) is 4.39 Å². The molecule has 0 fully saturated rings. The Morgan fingerprint density at radius 3 is 2.53 bits per heavy atom. The van der Waals surface area contributed by atoms with Crippen molar-refractivity contribution in [3.8, 4) is 11.5 Å². The Bertz CT molecular complexity index is 602. The van der Waals surface area contributed by atoms with Gasteiger partial charge in [-0.1, -0.05) is 23.2 Å². The van der Waals surface area contributed by atoms with E-state index in [9.17, 15) is 4.39 Å². The van der Waals surface area contributed by atoms with E-state index >= 15 is 0 Å². The van der Waals surface area contributed by atoms with Crippen LogP contribution >= 0.6 is 23.2 Å². The minimum absolute atomic E-state index is 0.358. The first-order chi connectivity index (χ1) is 8.97. The topological polar surface area (TPSA) is 35.2 Å². The molecule has 2 aromatic rings. The lowest BCUT2D eigenvalue weighted by molar-refractivity contribution is 0.469. The summed E-state index contributed by atoms with van der Waals surface area (Å²) < 4.78 is 18.9. The van der Waals surface area contributed by atoms with Gasteiger partial charge in [0.1, 0.15) is 17.3 Å². The number of ether oxygens (including phenoxy) is 1. The molecule has 2 nitrogen and oxygen atoms in total. The van der Waals surface area contributed by atoms with Crippen LogP contribution in [0.25, 0.3) is 0 Å². The molecule has 2 aromatic carbocycles. The fraction of sp³-hybridized carbons (Fsp3) is 0.143. The van der Waals surface area contributed by atoms with Gasteiger partial charge in [-0.2, -0.15) is 0 Å². The lowest BCUT2D eigenvalue weighted by atomic mass is 10.1. The third-order valence-corrected chi connectivity index (χ3v) is 3.12. The molecule has 0 unspecified atom stereocenters. The molecular formula is C14H12Cl2FNO. The van der Waals surface area contributed by atoms with E-state index in [1.165, 1.54) is 18.2 Å². The normalized spacial score (nSPS) is 12.3. The van der Waals surface area contributed by atoms with E-state index in [4.69, 9.17) is 33.7 Å². The number of hydrogen-bond donors (Lipinski definition) is 1. The lowest BCUT2D eigenvalue weighted by Crippen LogP contribution is -2.07. The molecule has 1 atom stereocenters. The fourth-order valence-electron chi connectivity index (χ4n) is 1.64. The minimum atomic E-state index is -0.364. The molecule has 0 saturated carbocycles. The van der Waals surface area contributed by atoms with Crippen LogP contribution in [0.3, 0.4) is 0 Å². The molecule has 0 aliphatic rings. The zero-order valence-electron chi connectivity index (χ0n) is 10.2. The van der Waals surface area contributed by atoms with Crippen molar-refractivity contribution < 1.29 is 9.13 Å². The van der Waals surface area contributed by atoms with Gasteiger partial charge in [-0.25, -0.2) is 4.39 Å². The van der Waals surface area contributed by atoms with Crippen LogP contribution in [0.15, 0.2) is 36.4 Å². The van der Waals surface area contributed by atoms with E-state index in [1.54, 1.807) is 25.1 Å². The van der Waals surface area contributed by atoms with E-state index in [-0.39, 0.29) is 11.9 Å². The first-order valence-corrected chi connectivity index (χ1v) is 6.41. The van der Waals surface area contributed by atoms with Gasteiger partial charge in [0.15, 0.2) is 0 Å². The SMILES string of the molecule is C[C@@H](N)c1cc(F)ccc1Oc1cc(Cl)ccc1Cl. The van der Waals surface area contributed by atoms with Gasteiger partial charge in [0.25, 0.3) is 0 Å². The van der Waals surface area contributed by atoms with E-state index in [0.29, 0.717) is 27.1 Å². The van der Waals surface area contributed by atoms with Crippen LogP contribution in [0, 0.1) is 5.82 Å². The van der Waals surface area contributed by atoms with Crippen molar-refractivity contribution >= 4 is 23.2 Å². The summed E-state index contributed by atoms with van der Waals surface area (Å²) in [4.78, 5) is 0. The minimum Gasteiger partial charge on any atom is -0.455 e. The highest BCUT2D eigenvalue weighted by Gasteiger charge is 2.12. The summed E-state index contributed by atoms with van der Waals surface area (Å²) in [5, 5.41) is 0.924. The average molecular weight is 300 g/mol. The summed E-state index contributed by atoms with van der Waals surface area (Å²) >= 11 is 11.9. The first-order valence-electron chi connectivity index (χ1n) is 5.65. The molecule has 0 saturated heterocycles. The van der Waals surface area contributed by atoms with Crippen LogP contribution in [-0.2, 0) is 0 Å². The average Bonchev–Trinajstić information content (AvgIpc) is 2.35. The molecule has 0 aliphatic heterocycles. The van der Waals surface area contributed by atoms with Crippen molar-refractivity contribution in [3.05, 3.63) is 57.8 Å². The Labute approximate surface area is 120 Å². The maximum absolute atomic E-state index is 13.2. The second kappa shape index (κ2) is 5.78. The predicted molar refractivity (Wildman–Crippen MR) is 75.5 cm³/mol. The van der Waals surface area contributed by atoms with Crippen molar-refractivity contribution in [1.29, 1.82) is 0 Å². The zero-order chi connectivity index (χ0) is 14.0. The van der Waals surface area contributed by atoms with E-state index in [2.05, 4.69) is 0 Å². The second-order valence-corrected chi connectivity index (χ2v) is 4.99. The summed E-state index contributed by atoms with van der Waals surface area (Å²) in [7, 11) is 0. The van der Waals surface area contributed by atoms with Gasteiger partial charge in [-0.15, -0.1) is 0 Å². The van der Waals surface area contributed by atoms with E-state index < -0.39 is 0 Å². The maximum atomic E-state index is 13.2. The van der Waals surface area contributed by atoms with Gasteiger partial charge < -0.3 is 10.5 Å². The van der Waals surface area contributed by atoms with E-state index in [1.807, 2.05) is 0 Å². The highest BCUT2D eigenvalue weighted by molar-refractivity contribution is 6.34. The molecule has 2 N–H and O–H groups in total. The largest absolute Gasteiger partial charge is 0.455 e. The second-order valence-electron chi connectivity index (χ2n) is 4.15. The molecule has 0 spiro atoms. The fourth-order valence-corrected chi connectivity index (χ4v) is 1.96. The molecule has 5 heteroatoms. The Morgan fingerprint density at radius 1 is 1.11 bits per heavy atom. The van der Waals surface area contributed by atoms with Gasteiger partial charge in [0, 0.05) is 22.7 Å². The van der Waals surface area contributed by atoms with Crippen LogP contribution in [0.2, 0.25) is 10.0 Å². The Hall–Kier alpha value is -1.29. The third-order valence-electron chi connectivity index (χ3n) is 2.58. The monoisotopic (exact) mass is 299 g/mol. The number of halogens is 3. The first kappa shape index (κ1) is 14.1. The van der Waals surface area contributed by atoms with Crippen molar-refractivity contribution in [3.63, 3.8) is 0 Å². The smallest absolute Gasteiger partial charge is 0.147 e. The molecule has 0 radical (unpaired) electrons. The highest BCUT2D eigenvalue weighted by Crippen LogP contribution is 2.35. The van der Waals surface area contributed by atoms with Crippen LogP contribution < -0.4 is 10.5 Å². The quantitative estimate of drug-likeness (QED) is 0.871. The number of hydrogen-bond acceptors (Lipinski definition) is 2. The summed E-state index contributed by atoms with van der Waals surface area (Å²) in [6, 6.07) is 8.70. The third kappa shape index (κ3) is 3.38. The summed E-state index contributed by atoms with van der Waals surface area (Å²) in [6.07, 6.45) is 0. The molecule has 0 bridgehead atoms. The van der Waals surface area contributed by atoms with Gasteiger partial charge in [0.2, 0.25) is 0 Å². The van der Waals surface area contributed by atoms with Crippen LogP contribution in [-0.4, -0.2) is 0 Å². The van der Waals surface area contributed by atoms with Gasteiger partial charge >= 0.3 is 0 Å². The van der Waals surface area contributed by atoms with E-state index in [0.717, 1.165) is 0 Å². The number of benzene rings is 2. The number of nitrogens with two attached hydrogens (primary N) is 1. The summed E-state index contributed by atoms with van der Waals surface area (Å²) in [5.41, 5.74) is 6.37. The molecule has 0 aliphatic carbocycles. The summed E-state index contributed by atoms with van der Waals surface area (Å²) in [6.45, 7) is 1.75. The molecule has 19 heavy (non-hydrogen) atoms. The molecular weight excluding hydrogens is 288 g/mol. The van der Waals surface area contributed by atoms with Crippen LogP contribution in [0.1, 0.15) is 18.5 Å². The van der Waals surface area contributed by atoms with Gasteiger partial charge in [0.05, 0.1) is 5.02 Å². The standard InChI is InChI=1S/C14H12Cl2FNO/c1-8(18)11-7-10(17)3-5-13(11)19-14-6-9(15)2-4-12(14)16/h2-8H,18H2,1H3/t8-/m1/s1. The Kier molecular flexibility index (Phi) is 4.30. The molecule has 0 amide bonds. The van der Waals surface area contributed by atoms with Crippen molar-refractivity contribution in [2.24, 2.45) is 5.73 Å². The molecule has 100 valence electrons. The highest BCUT2D eigenvalue weighted by atomic mass is 35.5. The summed E-state index contributed by atoms with van der Waals surface area (Å²) in [5.74, 6) is 0.500. The molecule has 0 aromatic heterocycles. The van der Waals surface area contributed by atoms with Gasteiger partial charge in [-0.3, -0.25) is 0 Å². The molecule has 2 rings (SSSR count). The Balaban J connectivity index is 2.40.